The van der Waals surface area contributed by atoms with E-state index in [2.05, 4.69) is 12.2 Å². The fraction of sp³-hybridized carbons (Fsp3) is 0.562. The second kappa shape index (κ2) is 5.52. The number of carbonyl (C=O) groups excluding carboxylic acids is 1. The molecule has 1 aliphatic carbocycles. The highest BCUT2D eigenvalue weighted by Gasteiger charge is 2.27. The summed E-state index contributed by atoms with van der Waals surface area (Å²) in [7, 11) is 0. The molecule has 20 heavy (non-hydrogen) atoms. The van der Waals surface area contributed by atoms with Crippen LogP contribution in [0.3, 0.4) is 0 Å². The van der Waals surface area contributed by atoms with E-state index in [0.29, 0.717) is 6.42 Å². The molecule has 3 nitrogen and oxygen atoms in total. The van der Waals surface area contributed by atoms with Gasteiger partial charge in [0.05, 0.1) is 0 Å². The number of hydrogen-bond acceptors (Lipinski definition) is 2. The van der Waals surface area contributed by atoms with Gasteiger partial charge >= 0.3 is 0 Å². The van der Waals surface area contributed by atoms with Crippen LogP contribution in [0.25, 0.3) is 0 Å². The molecule has 1 heterocycles. The van der Waals surface area contributed by atoms with Crippen LogP contribution in [0.2, 0.25) is 0 Å². The zero-order chi connectivity index (χ0) is 14.1. The third-order valence-electron chi connectivity index (χ3n) is 4.36. The Balaban J connectivity index is 1.62. The Kier molecular flexibility index (Phi) is 3.74. The van der Waals surface area contributed by atoms with Crippen LogP contribution >= 0.6 is 0 Å². The van der Waals surface area contributed by atoms with Crippen molar-refractivity contribution in [2.75, 3.05) is 13.1 Å². The first-order valence-corrected chi connectivity index (χ1v) is 7.46. The van der Waals surface area contributed by atoms with Crippen molar-refractivity contribution in [3.63, 3.8) is 0 Å². The van der Waals surface area contributed by atoms with Crippen molar-refractivity contribution in [2.45, 2.75) is 44.7 Å². The van der Waals surface area contributed by atoms with Crippen molar-refractivity contribution in [2.24, 2.45) is 0 Å². The molecule has 0 radical (unpaired) electrons. The van der Waals surface area contributed by atoms with Crippen LogP contribution in [-0.2, 0) is 11.2 Å². The average Bonchev–Trinajstić information content (AvgIpc) is 2.99. The van der Waals surface area contributed by atoms with Gasteiger partial charge in [-0.3, -0.25) is 4.79 Å². The van der Waals surface area contributed by atoms with Gasteiger partial charge in [0.1, 0.15) is 5.82 Å². The van der Waals surface area contributed by atoms with E-state index in [1.54, 1.807) is 6.07 Å². The van der Waals surface area contributed by atoms with Gasteiger partial charge in [0, 0.05) is 31.6 Å². The zero-order valence-electron chi connectivity index (χ0n) is 11.9. The summed E-state index contributed by atoms with van der Waals surface area (Å²) in [5.74, 6) is 0.172. The smallest absolute Gasteiger partial charge is 0.222 e. The van der Waals surface area contributed by atoms with Crippen molar-refractivity contribution in [3.8, 4) is 0 Å². The minimum absolute atomic E-state index is 0.0887. The molecule has 4 heteroatoms. The normalized spacial score (nSPS) is 23.2. The molecule has 1 fully saturated rings. The summed E-state index contributed by atoms with van der Waals surface area (Å²) < 4.78 is 13.7. The monoisotopic (exact) mass is 276 g/mol. The van der Waals surface area contributed by atoms with Crippen molar-refractivity contribution in [1.82, 2.24) is 10.2 Å². The van der Waals surface area contributed by atoms with E-state index >= 15 is 0 Å². The number of benzene rings is 1. The zero-order valence-corrected chi connectivity index (χ0v) is 11.9. The summed E-state index contributed by atoms with van der Waals surface area (Å²) >= 11 is 0. The Morgan fingerprint density at radius 1 is 1.45 bits per heavy atom. The van der Waals surface area contributed by atoms with Crippen molar-refractivity contribution < 1.29 is 9.18 Å². The van der Waals surface area contributed by atoms with Crippen LogP contribution in [0, 0.1) is 5.82 Å². The van der Waals surface area contributed by atoms with Gasteiger partial charge in [-0.2, -0.15) is 0 Å². The SMILES string of the molecule is CC(CN1CCCC1=O)NC1CCc2c(F)cccc21. The number of rotatable bonds is 4. The molecule has 1 aromatic carbocycles. The molecular formula is C16H21FN2O. The Bertz CT molecular complexity index is 517. The summed E-state index contributed by atoms with van der Waals surface area (Å²) in [6.07, 6.45) is 3.40. The lowest BCUT2D eigenvalue weighted by molar-refractivity contribution is -0.127. The summed E-state index contributed by atoms with van der Waals surface area (Å²) in [4.78, 5) is 13.6. The second-order valence-corrected chi connectivity index (χ2v) is 5.91. The van der Waals surface area contributed by atoms with Crippen LogP contribution in [-0.4, -0.2) is 29.9 Å². The van der Waals surface area contributed by atoms with Crippen LogP contribution in [0.15, 0.2) is 18.2 Å². The Hall–Kier alpha value is -1.42. The highest BCUT2D eigenvalue weighted by molar-refractivity contribution is 5.78. The van der Waals surface area contributed by atoms with Crippen molar-refractivity contribution >= 4 is 5.91 Å². The van der Waals surface area contributed by atoms with Crippen LogP contribution in [0.4, 0.5) is 4.39 Å². The van der Waals surface area contributed by atoms with Gasteiger partial charge in [0.2, 0.25) is 5.91 Å². The summed E-state index contributed by atoms with van der Waals surface area (Å²) in [5.41, 5.74) is 1.94. The van der Waals surface area contributed by atoms with Crippen molar-refractivity contribution in [3.05, 3.63) is 35.1 Å². The molecule has 0 bridgehead atoms. The molecule has 0 aromatic heterocycles. The first-order valence-electron chi connectivity index (χ1n) is 7.46. The number of amides is 1. The van der Waals surface area contributed by atoms with Crippen molar-refractivity contribution in [1.29, 1.82) is 0 Å². The second-order valence-electron chi connectivity index (χ2n) is 5.91. The number of nitrogens with one attached hydrogen (secondary N) is 1. The molecule has 1 N–H and O–H groups in total. The van der Waals surface area contributed by atoms with Gasteiger partial charge in [-0.05, 0) is 43.4 Å². The maximum atomic E-state index is 13.7. The summed E-state index contributed by atoms with van der Waals surface area (Å²) in [6, 6.07) is 5.78. The van der Waals surface area contributed by atoms with E-state index in [9.17, 15) is 9.18 Å². The van der Waals surface area contributed by atoms with E-state index in [1.165, 1.54) is 6.07 Å². The predicted octanol–water partition coefficient (Wildman–Crippen LogP) is 2.41. The molecular weight excluding hydrogens is 255 g/mol. The minimum atomic E-state index is -0.0887. The first kappa shape index (κ1) is 13.6. The highest BCUT2D eigenvalue weighted by atomic mass is 19.1. The van der Waals surface area contributed by atoms with Gasteiger partial charge in [-0.15, -0.1) is 0 Å². The molecule has 2 aliphatic rings. The lowest BCUT2D eigenvalue weighted by Gasteiger charge is -2.25. The van der Waals surface area contributed by atoms with E-state index in [0.717, 1.165) is 43.5 Å². The van der Waals surface area contributed by atoms with E-state index in [1.807, 2.05) is 11.0 Å². The number of fused-ring (bicyclic) bond motifs is 1. The summed E-state index contributed by atoms with van der Waals surface area (Å²) in [5, 5.41) is 3.55. The molecule has 1 saturated heterocycles. The largest absolute Gasteiger partial charge is 0.341 e. The van der Waals surface area contributed by atoms with Gasteiger partial charge in [-0.1, -0.05) is 12.1 Å². The van der Waals surface area contributed by atoms with E-state index in [4.69, 9.17) is 0 Å². The molecule has 2 atom stereocenters. The maximum Gasteiger partial charge on any atom is 0.222 e. The quantitative estimate of drug-likeness (QED) is 0.916. The first-order chi connectivity index (χ1) is 9.65. The van der Waals surface area contributed by atoms with Crippen LogP contribution < -0.4 is 5.32 Å². The molecule has 2 unspecified atom stereocenters. The third kappa shape index (κ3) is 2.57. The minimum Gasteiger partial charge on any atom is -0.341 e. The molecule has 108 valence electrons. The number of hydrogen-bond donors (Lipinski definition) is 1. The molecule has 1 amide bonds. The topological polar surface area (TPSA) is 32.3 Å². The van der Waals surface area contributed by atoms with Crippen LogP contribution in [0.5, 0.6) is 0 Å². The Labute approximate surface area is 119 Å². The predicted molar refractivity (Wildman–Crippen MR) is 75.9 cm³/mol. The molecule has 1 aliphatic heterocycles. The molecule has 0 spiro atoms. The highest BCUT2D eigenvalue weighted by Crippen LogP contribution is 2.32. The number of likely N-dealkylation sites (tertiary alicyclic amines) is 1. The lowest BCUT2D eigenvalue weighted by Crippen LogP contribution is -2.40. The molecule has 1 aromatic rings. The fourth-order valence-corrected chi connectivity index (χ4v) is 3.41. The Morgan fingerprint density at radius 2 is 2.30 bits per heavy atom. The van der Waals surface area contributed by atoms with Gasteiger partial charge in [0.25, 0.3) is 0 Å². The number of halogens is 1. The lowest BCUT2D eigenvalue weighted by atomic mass is 10.1. The molecule has 3 rings (SSSR count). The number of nitrogens with zero attached hydrogens (tertiary/aromatic N) is 1. The third-order valence-corrected chi connectivity index (χ3v) is 4.36. The van der Waals surface area contributed by atoms with Gasteiger partial charge < -0.3 is 10.2 Å². The summed E-state index contributed by atoms with van der Waals surface area (Å²) in [6.45, 7) is 3.73. The fourth-order valence-electron chi connectivity index (χ4n) is 3.41. The van der Waals surface area contributed by atoms with Gasteiger partial charge in [-0.25, -0.2) is 4.39 Å². The average molecular weight is 276 g/mol. The molecule has 0 saturated carbocycles. The van der Waals surface area contributed by atoms with Crippen LogP contribution in [0.1, 0.15) is 43.4 Å². The standard InChI is InChI=1S/C16H21FN2O/c1-11(10-19-9-3-6-16(19)20)18-15-8-7-12-13(15)4-2-5-14(12)17/h2,4-5,11,15,18H,3,6-10H2,1H3. The van der Waals surface area contributed by atoms with Gasteiger partial charge in [0.15, 0.2) is 0 Å². The maximum absolute atomic E-state index is 13.7. The Morgan fingerprint density at radius 3 is 3.05 bits per heavy atom. The number of carbonyl (C=O) groups is 1. The van der Waals surface area contributed by atoms with E-state index < -0.39 is 0 Å². The van der Waals surface area contributed by atoms with E-state index in [-0.39, 0.29) is 23.8 Å².